The van der Waals surface area contributed by atoms with Gasteiger partial charge in [0.2, 0.25) is 5.91 Å². The molecule has 8 nitrogen and oxygen atoms in total. The van der Waals surface area contributed by atoms with Crippen LogP contribution in [0.25, 0.3) is 4.85 Å². The van der Waals surface area contributed by atoms with Crippen molar-refractivity contribution in [1.82, 2.24) is 9.88 Å². The minimum atomic E-state index is -3.11. The third-order valence-electron chi connectivity index (χ3n) is 5.33. The molecule has 1 aliphatic heterocycles. The zero-order chi connectivity index (χ0) is 24.7. The van der Waals surface area contributed by atoms with E-state index in [0.29, 0.717) is 17.1 Å². The first-order valence-corrected chi connectivity index (χ1v) is 10.5. The standard InChI is InChI=1S/C24H23F2N3O5/c1-27-22-12-24(25,26)15-29(22)23(32)8-7-21(31)20-9-10-28-13-16(20)11-17(30)14-34-19-5-3-18(33-2)4-6-19/h3-6,9-10,13,22H,7-8,11-12,14-15H2,2H3/t22-/m0/s1. The van der Waals surface area contributed by atoms with Crippen molar-refractivity contribution in [2.45, 2.75) is 37.8 Å². The lowest BCUT2D eigenvalue weighted by Crippen LogP contribution is -2.35. The summed E-state index contributed by atoms with van der Waals surface area (Å²) >= 11 is 0. The van der Waals surface area contributed by atoms with Crippen LogP contribution in [0.5, 0.6) is 11.5 Å². The van der Waals surface area contributed by atoms with Gasteiger partial charge in [0.1, 0.15) is 24.5 Å². The largest absolute Gasteiger partial charge is 0.497 e. The predicted molar refractivity (Wildman–Crippen MR) is 117 cm³/mol. The number of pyridine rings is 1. The molecule has 1 aromatic heterocycles. The van der Waals surface area contributed by atoms with Gasteiger partial charge < -0.3 is 9.47 Å². The molecule has 1 atom stereocenters. The van der Waals surface area contributed by atoms with Crippen LogP contribution in [0.3, 0.4) is 0 Å². The third-order valence-corrected chi connectivity index (χ3v) is 5.33. The maximum Gasteiger partial charge on any atom is 0.306 e. The average molecular weight is 471 g/mol. The molecule has 0 radical (unpaired) electrons. The number of amides is 1. The smallest absolute Gasteiger partial charge is 0.306 e. The van der Waals surface area contributed by atoms with Crippen LogP contribution in [-0.4, -0.2) is 59.7 Å². The molecule has 10 heteroatoms. The molecule has 0 spiro atoms. The highest BCUT2D eigenvalue weighted by atomic mass is 19.3. The lowest BCUT2D eigenvalue weighted by molar-refractivity contribution is -0.132. The molecule has 1 amide bonds. The summed E-state index contributed by atoms with van der Waals surface area (Å²) in [6.07, 6.45) is 0.222. The van der Waals surface area contributed by atoms with Gasteiger partial charge in [0.05, 0.1) is 13.7 Å². The van der Waals surface area contributed by atoms with Crippen LogP contribution >= 0.6 is 0 Å². The van der Waals surface area contributed by atoms with E-state index >= 15 is 0 Å². The Morgan fingerprint density at radius 2 is 1.88 bits per heavy atom. The number of ether oxygens (including phenoxy) is 2. The zero-order valence-electron chi connectivity index (χ0n) is 18.5. The average Bonchev–Trinajstić information content (AvgIpc) is 3.16. The van der Waals surface area contributed by atoms with Crippen molar-refractivity contribution in [3.63, 3.8) is 0 Å². The summed E-state index contributed by atoms with van der Waals surface area (Å²) < 4.78 is 37.7. The van der Waals surface area contributed by atoms with Crippen LogP contribution in [0.2, 0.25) is 0 Å². The molecule has 1 aliphatic rings. The number of hydrogen-bond acceptors (Lipinski definition) is 6. The van der Waals surface area contributed by atoms with E-state index in [0.717, 1.165) is 4.90 Å². The van der Waals surface area contributed by atoms with Gasteiger partial charge in [-0.15, -0.1) is 0 Å². The molecule has 34 heavy (non-hydrogen) atoms. The summed E-state index contributed by atoms with van der Waals surface area (Å²) in [7, 11) is 1.54. The molecule has 0 saturated carbocycles. The van der Waals surface area contributed by atoms with E-state index in [-0.39, 0.29) is 37.2 Å². The van der Waals surface area contributed by atoms with E-state index in [4.69, 9.17) is 16.0 Å². The first-order valence-electron chi connectivity index (χ1n) is 10.5. The molecule has 178 valence electrons. The number of carbonyl (C=O) groups excluding carboxylic acids is 3. The van der Waals surface area contributed by atoms with Gasteiger partial charge >= 0.3 is 6.17 Å². The molecule has 2 heterocycles. The zero-order valence-corrected chi connectivity index (χ0v) is 18.5. The first-order chi connectivity index (χ1) is 16.2. The van der Waals surface area contributed by atoms with E-state index in [2.05, 4.69) is 9.83 Å². The van der Waals surface area contributed by atoms with E-state index in [1.165, 1.54) is 25.6 Å². The predicted octanol–water partition coefficient (Wildman–Crippen LogP) is 3.36. The summed E-state index contributed by atoms with van der Waals surface area (Å²) in [4.78, 5) is 45.4. The Morgan fingerprint density at radius 3 is 2.56 bits per heavy atom. The molecular formula is C24H23F2N3O5. The number of alkyl halides is 2. The van der Waals surface area contributed by atoms with Crippen LogP contribution in [-0.2, 0) is 16.0 Å². The Balaban J connectivity index is 1.56. The molecule has 0 N–H and O–H groups in total. The summed E-state index contributed by atoms with van der Waals surface area (Å²) in [6, 6.07) is 8.17. The Bertz CT molecular complexity index is 1100. The maximum absolute atomic E-state index is 13.6. The Morgan fingerprint density at radius 1 is 1.18 bits per heavy atom. The van der Waals surface area contributed by atoms with Gasteiger partial charge in [0, 0.05) is 37.2 Å². The van der Waals surface area contributed by atoms with Crippen LogP contribution < -0.4 is 9.47 Å². The minimum absolute atomic E-state index is 0.100. The highest BCUT2D eigenvalue weighted by Crippen LogP contribution is 2.33. The Hall–Kier alpha value is -3.87. The fourth-order valence-electron chi connectivity index (χ4n) is 3.60. The van der Waals surface area contributed by atoms with E-state index < -0.39 is 36.7 Å². The second-order valence-electron chi connectivity index (χ2n) is 7.83. The van der Waals surface area contributed by atoms with Crippen molar-refractivity contribution in [3.8, 4) is 11.5 Å². The van der Waals surface area contributed by atoms with Crippen molar-refractivity contribution < 1.29 is 32.6 Å². The summed E-state index contributed by atoms with van der Waals surface area (Å²) in [5.41, 5.74) is 0.615. The molecule has 3 rings (SSSR count). The van der Waals surface area contributed by atoms with Crippen molar-refractivity contribution in [3.05, 3.63) is 65.3 Å². The fourth-order valence-corrected chi connectivity index (χ4v) is 3.60. The molecule has 1 aromatic carbocycles. The lowest BCUT2D eigenvalue weighted by atomic mass is 9.99. The van der Waals surface area contributed by atoms with Gasteiger partial charge in [-0.05, 0) is 35.9 Å². The second kappa shape index (κ2) is 10.8. The Kier molecular flexibility index (Phi) is 7.89. The van der Waals surface area contributed by atoms with Gasteiger partial charge in [0.25, 0.3) is 5.92 Å². The van der Waals surface area contributed by atoms with Crippen LogP contribution in [0, 0.1) is 6.57 Å². The highest BCUT2D eigenvalue weighted by molar-refractivity contribution is 6.00. The number of nitrogens with zero attached hydrogens (tertiary/aromatic N) is 3. The number of halogens is 2. The monoisotopic (exact) mass is 471 g/mol. The van der Waals surface area contributed by atoms with Gasteiger partial charge in [-0.25, -0.2) is 15.4 Å². The highest BCUT2D eigenvalue weighted by Gasteiger charge is 2.50. The molecule has 0 aliphatic carbocycles. The number of hydrogen-bond donors (Lipinski definition) is 0. The van der Waals surface area contributed by atoms with Gasteiger partial charge in [-0.2, -0.15) is 0 Å². The summed E-state index contributed by atoms with van der Waals surface area (Å²) in [5, 5.41) is 0. The first kappa shape index (κ1) is 24.8. The van der Waals surface area contributed by atoms with Gasteiger partial charge in [-0.1, -0.05) is 0 Å². The Labute approximate surface area is 195 Å². The number of likely N-dealkylation sites (tertiary alicyclic amines) is 1. The number of methoxy groups -OCH3 is 1. The van der Waals surface area contributed by atoms with E-state index in [1.54, 1.807) is 24.3 Å². The number of rotatable bonds is 10. The third kappa shape index (κ3) is 6.34. The van der Waals surface area contributed by atoms with Gasteiger partial charge in [0.15, 0.2) is 11.6 Å². The molecule has 0 unspecified atom stereocenters. The molecule has 1 fully saturated rings. The van der Waals surface area contributed by atoms with Crippen LogP contribution in [0.15, 0.2) is 42.7 Å². The fraction of sp³-hybridized carbons (Fsp3) is 0.375. The molecular weight excluding hydrogens is 448 g/mol. The maximum atomic E-state index is 13.6. The summed E-state index contributed by atoms with van der Waals surface area (Å²) in [6.45, 7) is 5.99. The number of Topliss-reactive ketones (excluding diaryl/α,β-unsaturated/α-hetero) is 2. The normalized spacial score (nSPS) is 16.5. The van der Waals surface area contributed by atoms with E-state index in [1.807, 2.05) is 0 Å². The lowest BCUT2D eigenvalue weighted by Gasteiger charge is -2.16. The van der Waals surface area contributed by atoms with Crippen molar-refractivity contribution in [2.75, 3.05) is 20.3 Å². The van der Waals surface area contributed by atoms with Crippen LogP contribution in [0.4, 0.5) is 8.78 Å². The second-order valence-corrected chi connectivity index (χ2v) is 7.83. The molecule has 1 saturated heterocycles. The van der Waals surface area contributed by atoms with Crippen molar-refractivity contribution in [1.29, 1.82) is 0 Å². The molecule has 0 bridgehead atoms. The quantitative estimate of drug-likeness (QED) is 0.390. The van der Waals surface area contributed by atoms with Crippen molar-refractivity contribution >= 4 is 17.5 Å². The summed E-state index contributed by atoms with van der Waals surface area (Å²) in [5.74, 6) is -3.35. The van der Waals surface area contributed by atoms with Crippen molar-refractivity contribution in [2.24, 2.45) is 0 Å². The van der Waals surface area contributed by atoms with Gasteiger partial charge in [-0.3, -0.25) is 29.1 Å². The molecule has 2 aromatic rings. The number of ketones is 2. The topological polar surface area (TPSA) is 90.2 Å². The number of aromatic nitrogens is 1. The van der Waals surface area contributed by atoms with E-state index in [9.17, 15) is 23.2 Å². The van der Waals surface area contributed by atoms with Crippen LogP contribution in [0.1, 0.15) is 35.2 Å². The number of benzene rings is 1. The SMILES string of the molecule is [C-]#[N+][C@@H]1CC(F)(F)CN1C(=O)CCC(=O)c1ccncc1CC(=O)COc1ccc(OC)cc1. The minimum Gasteiger partial charge on any atom is -0.497 e. The number of carbonyl (C=O) groups is 3.